The van der Waals surface area contributed by atoms with Crippen molar-refractivity contribution in [2.75, 3.05) is 5.01 Å². The van der Waals surface area contributed by atoms with Crippen LogP contribution in [0.5, 0.6) is 0 Å². The minimum atomic E-state index is -0.733. The summed E-state index contributed by atoms with van der Waals surface area (Å²) in [7, 11) is 0. The van der Waals surface area contributed by atoms with E-state index >= 15 is 0 Å². The van der Waals surface area contributed by atoms with Crippen LogP contribution in [-0.4, -0.2) is 25.8 Å². The molecule has 0 aliphatic carbocycles. The third-order valence-electron chi connectivity index (χ3n) is 4.30. The molecule has 11 heteroatoms. The molecule has 0 radical (unpaired) electrons. The van der Waals surface area contributed by atoms with Crippen molar-refractivity contribution < 1.29 is 14.4 Å². The Morgan fingerprint density at radius 3 is 2.06 bits per heavy atom. The van der Waals surface area contributed by atoms with Gasteiger partial charge >= 0.3 is 11.7 Å². The Bertz CT molecular complexity index is 1250. The van der Waals surface area contributed by atoms with Crippen LogP contribution >= 0.6 is 0 Å². The number of hydrazone groups is 1. The lowest BCUT2D eigenvalue weighted by Gasteiger charge is -2.13. The fraction of sp³-hybridized carbons (Fsp3) is 0. The molecule has 1 aromatic heterocycles. The average molecular weight is 430 g/mol. The summed E-state index contributed by atoms with van der Waals surface area (Å²) in [5.74, 6) is -1.15. The molecule has 32 heavy (non-hydrogen) atoms. The number of aromatic nitrogens is 2. The number of para-hydroxylation sites is 2. The second-order valence-corrected chi connectivity index (χ2v) is 6.39. The van der Waals surface area contributed by atoms with Gasteiger partial charge in [0.1, 0.15) is 0 Å². The third-order valence-corrected chi connectivity index (χ3v) is 4.30. The molecular formula is C21H14N6O5. The summed E-state index contributed by atoms with van der Waals surface area (Å²) < 4.78 is 5.09. The summed E-state index contributed by atoms with van der Waals surface area (Å²) in [5.41, 5.74) is 1.27. The zero-order valence-corrected chi connectivity index (χ0v) is 16.3. The maximum Gasteiger partial charge on any atom is 0.454 e. The zero-order chi connectivity index (χ0) is 22.5. The summed E-state index contributed by atoms with van der Waals surface area (Å²) in [6.07, 6.45) is 0. The van der Waals surface area contributed by atoms with Crippen molar-refractivity contribution in [3.63, 3.8) is 0 Å². The van der Waals surface area contributed by atoms with Gasteiger partial charge in [0.05, 0.1) is 21.4 Å². The van der Waals surface area contributed by atoms with Gasteiger partial charge in [0, 0.05) is 17.7 Å². The molecule has 0 fully saturated rings. The molecule has 0 N–H and O–H groups in total. The number of nitro benzene ring substituents is 1. The highest BCUT2D eigenvalue weighted by Crippen LogP contribution is 2.26. The molecule has 4 rings (SSSR count). The van der Waals surface area contributed by atoms with Crippen LogP contribution in [0.15, 0.2) is 94.6 Å². The van der Waals surface area contributed by atoms with E-state index < -0.39 is 21.6 Å². The van der Waals surface area contributed by atoms with Crippen LogP contribution in [0.1, 0.15) is 5.89 Å². The molecule has 0 aliphatic rings. The van der Waals surface area contributed by atoms with Crippen LogP contribution in [0.3, 0.4) is 0 Å². The van der Waals surface area contributed by atoms with E-state index in [2.05, 4.69) is 15.2 Å². The first kappa shape index (κ1) is 20.3. The normalized spacial score (nSPS) is 11.2. The van der Waals surface area contributed by atoms with Crippen molar-refractivity contribution in [1.82, 2.24) is 10.1 Å². The van der Waals surface area contributed by atoms with Crippen molar-refractivity contribution >= 4 is 22.9 Å². The SMILES string of the molecule is O=[N+]([O-])/C(=N\N(c1ccccc1)c1ccccc1)c1nc(-c2cccc([N+](=O)[O-])c2)no1. The van der Waals surface area contributed by atoms with E-state index in [1.54, 1.807) is 48.5 Å². The molecule has 3 aromatic carbocycles. The highest BCUT2D eigenvalue weighted by atomic mass is 16.6. The first-order valence-corrected chi connectivity index (χ1v) is 9.25. The highest BCUT2D eigenvalue weighted by Gasteiger charge is 2.29. The van der Waals surface area contributed by atoms with Gasteiger partial charge in [0.2, 0.25) is 5.82 Å². The van der Waals surface area contributed by atoms with Gasteiger partial charge < -0.3 is 14.6 Å². The fourth-order valence-electron chi connectivity index (χ4n) is 2.85. The average Bonchev–Trinajstić information content (AvgIpc) is 3.30. The maximum atomic E-state index is 11.8. The lowest BCUT2D eigenvalue weighted by molar-refractivity contribution is -0.384. The summed E-state index contributed by atoms with van der Waals surface area (Å²) in [6, 6.07) is 23.3. The van der Waals surface area contributed by atoms with E-state index in [0.717, 1.165) is 0 Å². The van der Waals surface area contributed by atoms with Crippen LogP contribution in [0, 0.1) is 20.2 Å². The second kappa shape index (κ2) is 8.83. The van der Waals surface area contributed by atoms with E-state index in [1.165, 1.54) is 29.3 Å². The van der Waals surface area contributed by atoms with Gasteiger partial charge in [-0.3, -0.25) is 10.1 Å². The minimum Gasteiger partial charge on any atom is -0.358 e. The van der Waals surface area contributed by atoms with Crippen molar-refractivity contribution in [3.8, 4) is 11.4 Å². The lowest BCUT2D eigenvalue weighted by Crippen LogP contribution is -2.20. The molecule has 11 nitrogen and oxygen atoms in total. The molecule has 4 aromatic rings. The van der Waals surface area contributed by atoms with E-state index in [-0.39, 0.29) is 17.1 Å². The van der Waals surface area contributed by atoms with Gasteiger partial charge in [-0.05, 0) is 29.2 Å². The number of amidine groups is 1. The Kier molecular flexibility index (Phi) is 5.62. The van der Waals surface area contributed by atoms with Gasteiger partial charge in [-0.15, -0.1) is 5.01 Å². The Morgan fingerprint density at radius 2 is 1.50 bits per heavy atom. The summed E-state index contributed by atoms with van der Waals surface area (Å²) in [4.78, 5) is 25.6. The molecule has 0 unspecified atom stereocenters. The molecule has 1 heterocycles. The zero-order valence-electron chi connectivity index (χ0n) is 16.3. The molecule has 0 aliphatic heterocycles. The lowest BCUT2D eigenvalue weighted by atomic mass is 10.2. The Morgan fingerprint density at radius 1 is 0.875 bits per heavy atom. The number of benzene rings is 3. The van der Waals surface area contributed by atoms with Gasteiger partial charge in [-0.25, -0.2) is 0 Å². The Hall–Kier alpha value is -4.93. The largest absolute Gasteiger partial charge is 0.454 e. The molecule has 0 saturated heterocycles. The standard InChI is InChI=1S/C21H14N6O5/c28-26(29)18-13-7-8-15(14-18)19-22-21(32-24-19)20(27(30)31)23-25(16-9-3-1-4-10-16)17-11-5-2-6-12-17/h1-14H/b23-20-. The Labute approximate surface area is 180 Å². The Balaban J connectivity index is 1.77. The first-order chi connectivity index (χ1) is 15.5. The van der Waals surface area contributed by atoms with E-state index in [4.69, 9.17) is 4.52 Å². The van der Waals surface area contributed by atoms with E-state index in [9.17, 15) is 20.2 Å². The van der Waals surface area contributed by atoms with Crippen LogP contribution in [0.25, 0.3) is 11.4 Å². The van der Waals surface area contributed by atoms with Crippen molar-refractivity contribution in [2.45, 2.75) is 0 Å². The second-order valence-electron chi connectivity index (χ2n) is 6.39. The van der Waals surface area contributed by atoms with Crippen molar-refractivity contribution in [2.24, 2.45) is 5.10 Å². The number of hydrogen-bond acceptors (Lipinski definition) is 9. The number of nitrogens with zero attached hydrogens (tertiary/aromatic N) is 6. The molecule has 0 amide bonds. The number of non-ortho nitro benzene ring substituents is 1. The quantitative estimate of drug-likeness (QED) is 0.189. The fourth-order valence-corrected chi connectivity index (χ4v) is 2.85. The maximum absolute atomic E-state index is 11.8. The van der Waals surface area contributed by atoms with Crippen LogP contribution in [0.2, 0.25) is 0 Å². The summed E-state index contributed by atoms with van der Waals surface area (Å²) in [5, 5.41) is 32.1. The first-order valence-electron chi connectivity index (χ1n) is 9.25. The number of rotatable bonds is 6. The molecule has 0 saturated carbocycles. The molecular weight excluding hydrogens is 416 g/mol. The van der Waals surface area contributed by atoms with Crippen molar-refractivity contribution in [3.05, 3.63) is 111 Å². The number of hydrogen-bond donors (Lipinski definition) is 0. The smallest absolute Gasteiger partial charge is 0.358 e. The highest BCUT2D eigenvalue weighted by molar-refractivity contribution is 5.89. The monoisotopic (exact) mass is 430 g/mol. The van der Waals surface area contributed by atoms with Crippen LogP contribution in [-0.2, 0) is 0 Å². The van der Waals surface area contributed by atoms with Crippen molar-refractivity contribution in [1.29, 1.82) is 0 Å². The van der Waals surface area contributed by atoms with Gasteiger partial charge in [-0.2, -0.15) is 4.98 Å². The molecule has 0 atom stereocenters. The topological polar surface area (TPSA) is 141 Å². The van der Waals surface area contributed by atoms with Crippen LogP contribution < -0.4 is 5.01 Å². The molecule has 0 spiro atoms. The summed E-state index contributed by atoms with van der Waals surface area (Å²) in [6.45, 7) is 0. The predicted molar refractivity (Wildman–Crippen MR) is 115 cm³/mol. The van der Waals surface area contributed by atoms with Gasteiger partial charge in [-0.1, -0.05) is 53.7 Å². The predicted octanol–water partition coefficient (Wildman–Crippen LogP) is 4.42. The van der Waals surface area contributed by atoms with Crippen LogP contribution in [0.4, 0.5) is 17.1 Å². The van der Waals surface area contributed by atoms with E-state index in [1.807, 2.05) is 12.1 Å². The molecule has 0 bridgehead atoms. The molecule has 158 valence electrons. The summed E-state index contributed by atoms with van der Waals surface area (Å²) >= 11 is 0. The van der Waals surface area contributed by atoms with Gasteiger partial charge in [0.15, 0.2) is 0 Å². The number of anilines is 2. The minimum absolute atomic E-state index is 0.0378. The third kappa shape index (κ3) is 4.31. The van der Waals surface area contributed by atoms with Gasteiger partial charge in [0.25, 0.3) is 5.69 Å². The number of nitro groups is 2. The van der Waals surface area contributed by atoms with E-state index in [0.29, 0.717) is 11.4 Å².